The van der Waals surface area contributed by atoms with E-state index in [1.807, 2.05) is 49.9 Å². The molecule has 1 saturated heterocycles. The van der Waals surface area contributed by atoms with Crippen LogP contribution in [0.1, 0.15) is 37.9 Å². The molecule has 6 heteroatoms. The van der Waals surface area contributed by atoms with E-state index in [0.29, 0.717) is 13.1 Å². The molecular weight excluding hydrogens is 432 g/mol. The van der Waals surface area contributed by atoms with Crippen molar-refractivity contribution in [2.24, 2.45) is 5.41 Å². The van der Waals surface area contributed by atoms with E-state index in [1.165, 1.54) is 5.56 Å². The van der Waals surface area contributed by atoms with Crippen LogP contribution in [0.25, 0.3) is 0 Å². The van der Waals surface area contributed by atoms with Crippen LogP contribution in [0.5, 0.6) is 0 Å². The van der Waals surface area contributed by atoms with Crippen LogP contribution in [-0.2, 0) is 4.79 Å². The molecule has 1 aromatic heterocycles. The summed E-state index contributed by atoms with van der Waals surface area (Å²) in [5.41, 5.74) is 5.08. The van der Waals surface area contributed by atoms with Gasteiger partial charge in [-0.1, -0.05) is 44.5 Å². The Kier molecular flexibility index (Phi) is 6.61. The molecule has 1 N–H and O–H groups in total. The predicted octanol–water partition coefficient (Wildman–Crippen LogP) is 6.22. The molecule has 1 fully saturated rings. The zero-order valence-corrected chi connectivity index (χ0v) is 20.4. The van der Waals surface area contributed by atoms with Crippen LogP contribution in [0.15, 0.2) is 67.0 Å². The third-order valence-corrected chi connectivity index (χ3v) is 6.28. The minimum Gasteiger partial charge on any atom is -0.361 e. The van der Waals surface area contributed by atoms with E-state index < -0.39 is 5.41 Å². The van der Waals surface area contributed by atoms with Crippen LogP contribution in [0.3, 0.4) is 0 Å². The van der Waals surface area contributed by atoms with Gasteiger partial charge in [0.05, 0.1) is 6.04 Å². The van der Waals surface area contributed by atoms with Gasteiger partial charge in [0.15, 0.2) is 0 Å². The van der Waals surface area contributed by atoms with Crippen molar-refractivity contribution in [3.63, 3.8) is 0 Å². The van der Waals surface area contributed by atoms with Crippen molar-refractivity contribution in [1.29, 1.82) is 0 Å². The Morgan fingerprint density at radius 1 is 1.00 bits per heavy atom. The second-order valence-electron chi connectivity index (χ2n) is 9.62. The average Bonchev–Trinajstić information content (AvgIpc) is 2.79. The SMILES string of the molecule is Cc1cc(Cl)ccc1N1CCN(C(=O)C(C)(C)C)C[C@H]1c1ccc(Nc2ccncc2)cc1. The third-order valence-electron chi connectivity index (χ3n) is 6.04. The van der Waals surface area contributed by atoms with Gasteiger partial charge in [-0.15, -0.1) is 0 Å². The molecular formula is C27H31ClN4O. The molecule has 2 heterocycles. The van der Waals surface area contributed by atoms with E-state index in [1.54, 1.807) is 12.4 Å². The fraction of sp³-hybridized carbons (Fsp3) is 0.333. The van der Waals surface area contributed by atoms with Gasteiger partial charge in [-0.05, 0) is 60.5 Å². The summed E-state index contributed by atoms with van der Waals surface area (Å²) in [6, 6.07) is 18.4. The molecule has 33 heavy (non-hydrogen) atoms. The van der Waals surface area contributed by atoms with Gasteiger partial charge in [-0.3, -0.25) is 9.78 Å². The molecule has 0 radical (unpaired) electrons. The summed E-state index contributed by atoms with van der Waals surface area (Å²) in [6.45, 7) is 10.2. The fourth-order valence-corrected chi connectivity index (χ4v) is 4.57. The second kappa shape index (κ2) is 9.44. The molecule has 0 bridgehead atoms. The topological polar surface area (TPSA) is 48.5 Å². The minimum atomic E-state index is -0.402. The molecule has 0 spiro atoms. The molecule has 4 rings (SSSR count). The first kappa shape index (κ1) is 23.1. The highest BCUT2D eigenvalue weighted by molar-refractivity contribution is 6.30. The van der Waals surface area contributed by atoms with E-state index in [4.69, 9.17) is 11.6 Å². The number of nitrogens with one attached hydrogen (secondary N) is 1. The van der Waals surface area contributed by atoms with E-state index in [9.17, 15) is 4.79 Å². The number of rotatable bonds is 4. The number of piperazine rings is 1. The summed E-state index contributed by atoms with van der Waals surface area (Å²) in [4.78, 5) is 21.6. The summed E-state index contributed by atoms with van der Waals surface area (Å²) in [6.07, 6.45) is 3.54. The van der Waals surface area contributed by atoms with Gasteiger partial charge in [0.1, 0.15) is 0 Å². The lowest BCUT2D eigenvalue weighted by atomic mass is 9.92. The van der Waals surface area contributed by atoms with Crippen LogP contribution in [0.2, 0.25) is 5.02 Å². The van der Waals surface area contributed by atoms with Crippen LogP contribution in [0.4, 0.5) is 17.1 Å². The smallest absolute Gasteiger partial charge is 0.228 e. The zero-order chi connectivity index (χ0) is 23.6. The first-order valence-corrected chi connectivity index (χ1v) is 11.7. The van der Waals surface area contributed by atoms with Gasteiger partial charge in [-0.2, -0.15) is 0 Å². The first-order chi connectivity index (χ1) is 15.7. The van der Waals surface area contributed by atoms with Crippen LogP contribution >= 0.6 is 11.6 Å². The molecule has 0 aliphatic carbocycles. The Balaban J connectivity index is 1.63. The summed E-state index contributed by atoms with van der Waals surface area (Å²) >= 11 is 6.23. The van der Waals surface area contributed by atoms with E-state index in [0.717, 1.165) is 34.2 Å². The van der Waals surface area contributed by atoms with Gasteiger partial charge in [0, 0.05) is 59.5 Å². The molecule has 1 amide bonds. The van der Waals surface area contributed by atoms with Crippen molar-refractivity contribution in [2.45, 2.75) is 33.7 Å². The zero-order valence-electron chi connectivity index (χ0n) is 19.7. The molecule has 3 aromatic rings. The number of anilines is 3. The van der Waals surface area contributed by atoms with Crippen molar-refractivity contribution >= 4 is 34.6 Å². The molecule has 172 valence electrons. The maximum absolute atomic E-state index is 13.1. The van der Waals surface area contributed by atoms with Gasteiger partial charge in [-0.25, -0.2) is 0 Å². The minimum absolute atomic E-state index is 0.0555. The summed E-state index contributed by atoms with van der Waals surface area (Å²) < 4.78 is 0. The average molecular weight is 463 g/mol. The number of pyridine rings is 1. The van der Waals surface area contributed by atoms with E-state index in [2.05, 4.69) is 52.5 Å². The molecule has 5 nitrogen and oxygen atoms in total. The van der Waals surface area contributed by atoms with E-state index in [-0.39, 0.29) is 11.9 Å². The lowest BCUT2D eigenvalue weighted by Crippen LogP contribution is -2.53. The van der Waals surface area contributed by atoms with Crippen molar-refractivity contribution in [3.8, 4) is 0 Å². The number of benzene rings is 2. The highest BCUT2D eigenvalue weighted by Crippen LogP contribution is 2.35. The standard InChI is InChI=1S/C27H31ClN4O/c1-19-17-21(28)7-10-24(19)32-16-15-31(26(33)27(2,3)4)18-25(32)20-5-8-22(9-6-20)30-23-11-13-29-14-12-23/h5-14,17,25H,15-16,18H2,1-4H3,(H,29,30)/t25-/m0/s1. The molecule has 1 aliphatic rings. The highest BCUT2D eigenvalue weighted by atomic mass is 35.5. The monoisotopic (exact) mass is 462 g/mol. The van der Waals surface area contributed by atoms with E-state index >= 15 is 0 Å². The van der Waals surface area contributed by atoms with Gasteiger partial charge < -0.3 is 15.1 Å². The summed E-state index contributed by atoms with van der Waals surface area (Å²) in [5.74, 6) is 0.191. The molecule has 1 aliphatic heterocycles. The van der Waals surface area contributed by atoms with Crippen LogP contribution in [0, 0.1) is 12.3 Å². The summed E-state index contributed by atoms with van der Waals surface area (Å²) in [7, 11) is 0. The third kappa shape index (κ3) is 5.31. The van der Waals surface area contributed by atoms with Gasteiger partial charge >= 0.3 is 0 Å². The lowest BCUT2D eigenvalue weighted by molar-refractivity contribution is -0.140. The van der Waals surface area contributed by atoms with Gasteiger partial charge in [0.25, 0.3) is 0 Å². The number of hydrogen-bond acceptors (Lipinski definition) is 4. The number of aryl methyl sites for hydroxylation is 1. The largest absolute Gasteiger partial charge is 0.361 e. The normalized spacial score (nSPS) is 16.6. The number of halogens is 1. The Hall–Kier alpha value is -3.05. The fourth-order valence-electron chi connectivity index (χ4n) is 4.35. The number of carbonyl (C=O) groups is 1. The molecule has 1 atom stereocenters. The predicted molar refractivity (Wildman–Crippen MR) is 136 cm³/mol. The molecule has 2 aromatic carbocycles. The first-order valence-electron chi connectivity index (χ1n) is 11.3. The van der Waals surface area contributed by atoms with Crippen LogP contribution < -0.4 is 10.2 Å². The number of amides is 1. The number of hydrogen-bond donors (Lipinski definition) is 1. The maximum Gasteiger partial charge on any atom is 0.228 e. The van der Waals surface area contributed by atoms with Gasteiger partial charge in [0.2, 0.25) is 5.91 Å². The quantitative estimate of drug-likeness (QED) is 0.499. The lowest BCUT2D eigenvalue weighted by Gasteiger charge is -2.45. The highest BCUT2D eigenvalue weighted by Gasteiger charge is 2.35. The Labute approximate surface area is 201 Å². The Morgan fingerprint density at radius 3 is 2.30 bits per heavy atom. The number of aromatic nitrogens is 1. The molecule has 0 unspecified atom stereocenters. The van der Waals surface area contributed by atoms with Crippen molar-refractivity contribution in [2.75, 3.05) is 29.9 Å². The van der Waals surface area contributed by atoms with Crippen LogP contribution in [-0.4, -0.2) is 35.4 Å². The second-order valence-corrected chi connectivity index (χ2v) is 10.1. The Bertz CT molecular complexity index is 1110. The Morgan fingerprint density at radius 2 is 1.67 bits per heavy atom. The van der Waals surface area contributed by atoms with Crippen molar-refractivity contribution in [1.82, 2.24) is 9.88 Å². The molecule has 0 saturated carbocycles. The maximum atomic E-state index is 13.1. The van der Waals surface area contributed by atoms with Crippen molar-refractivity contribution < 1.29 is 4.79 Å². The summed E-state index contributed by atoms with van der Waals surface area (Å²) in [5, 5.41) is 4.14. The number of nitrogens with zero attached hydrogens (tertiary/aromatic N) is 3. The van der Waals surface area contributed by atoms with Crippen molar-refractivity contribution in [3.05, 3.63) is 83.1 Å². The number of carbonyl (C=O) groups excluding carboxylic acids is 1.